The van der Waals surface area contributed by atoms with Crippen LogP contribution in [-0.2, 0) is 14.3 Å². The number of hydrogen-bond acceptors (Lipinski definition) is 6. The maximum absolute atomic E-state index is 12.3. The quantitative estimate of drug-likeness (QED) is 0.884. The molecule has 8 heteroatoms. The van der Waals surface area contributed by atoms with Gasteiger partial charge in [0.25, 0.3) is 0 Å². The Morgan fingerprint density at radius 3 is 2.86 bits per heavy atom. The van der Waals surface area contributed by atoms with E-state index >= 15 is 0 Å². The van der Waals surface area contributed by atoms with Gasteiger partial charge in [-0.2, -0.15) is 4.98 Å². The summed E-state index contributed by atoms with van der Waals surface area (Å²) >= 11 is 1.61. The Morgan fingerprint density at radius 1 is 1.50 bits per heavy atom. The van der Waals surface area contributed by atoms with Gasteiger partial charge in [-0.3, -0.25) is 9.36 Å². The average Bonchev–Trinajstić information content (AvgIpc) is 2.77. The summed E-state index contributed by atoms with van der Waals surface area (Å²) in [5.41, 5.74) is -0.838. The summed E-state index contributed by atoms with van der Waals surface area (Å²) in [4.78, 5) is 27.2. The fourth-order valence-electron chi connectivity index (χ4n) is 2.97. The van der Waals surface area contributed by atoms with Crippen LogP contribution in [-0.4, -0.2) is 38.7 Å². The molecule has 1 amide bonds. The standard InChI is InChI=1S/C14H19N3O4S/c1-8(18)15-9-5-6-17(12(19)16-9)11-10-14(4,7-22-11)21-13(2,3)20-10/h5-6,10-11H,7H2,1-4H3,(H,15,16,18,19)/t10-,11+,14+/m1/s1. The number of ether oxygens (including phenoxy) is 2. The first-order valence-electron chi connectivity index (χ1n) is 7.07. The monoisotopic (exact) mass is 325 g/mol. The van der Waals surface area contributed by atoms with Gasteiger partial charge in [0.2, 0.25) is 5.91 Å². The number of rotatable bonds is 2. The van der Waals surface area contributed by atoms with Crippen molar-refractivity contribution in [2.24, 2.45) is 0 Å². The number of anilines is 1. The van der Waals surface area contributed by atoms with Crippen LogP contribution in [0.1, 0.15) is 33.1 Å². The van der Waals surface area contributed by atoms with Crippen LogP contribution in [0.3, 0.4) is 0 Å². The second-order valence-electron chi connectivity index (χ2n) is 6.24. The number of thioether (sulfide) groups is 1. The topological polar surface area (TPSA) is 82.5 Å². The van der Waals surface area contributed by atoms with Crippen molar-refractivity contribution < 1.29 is 14.3 Å². The van der Waals surface area contributed by atoms with E-state index in [-0.39, 0.29) is 23.2 Å². The van der Waals surface area contributed by atoms with E-state index in [2.05, 4.69) is 10.3 Å². The largest absolute Gasteiger partial charge is 0.350 e. The molecule has 0 radical (unpaired) electrons. The maximum Gasteiger partial charge on any atom is 0.350 e. The smallest absolute Gasteiger partial charge is 0.341 e. The fourth-order valence-corrected chi connectivity index (χ4v) is 4.53. The van der Waals surface area contributed by atoms with E-state index in [1.807, 2.05) is 20.8 Å². The number of fused-ring (bicyclic) bond motifs is 1. The molecule has 1 N–H and O–H groups in total. The van der Waals surface area contributed by atoms with E-state index < -0.39 is 17.1 Å². The highest BCUT2D eigenvalue weighted by atomic mass is 32.2. The molecule has 120 valence electrons. The number of amides is 1. The van der Waals surface area contributed by atoms with Crippen LogP contribution in [0.4, 0.5) is 5.82 Å². The van der Waals surface area contributed by atoms with E-state index in [4.69, 9.17) is 9.47 Å². The lowest BCUT2D eigenvalue weighted by Crippen LogP contribution is -2.39. The molecule has 2 aliphatic rings. The minimum Gasteiger partial charge on any atom is -0.341 e. The summed E-state index contributed by atoms with van der Waals surface area (Å²) in [5.74, 6) is 0.0717. The molecular formula is C14H19N3O4S. The van der Waals surface area contributed by atoms with Crippen LogP contribution in [0.5, 0.6) is 0 Å². The van der Waals surface area contributed by atoms with Gasteiger partial charge >= 0.3 is 5.69 Å². The van der Waals surface area contributed by atoms with E-state index in [1.165, 1.54) is 11.5 Å². The zero-order chi connectivity index (χ0) is 16.1. The molecule has 2 fully saturated rings. The molecule has 0 spiro atoms. The lowest BCUT2D eigenvalue weighted by atomic mass is 10.0. The van der Waals surface area contributed by atoms with Gasteiger partial charge in [0.15, 0.2) is 5.79 Å². The molecule has 3 rings (SSSR count). The number of nitrogens with zero attached hydrogens (tertiary/aromatic N) is 2. The normalized spacial score (nSPS) is 32.7. The minimum atomic E-state index is -0.661. The van der Waals surface area contributed by atoms with Crippen LogP contribution in [0.25, 0.3) is 0 Å². The van der Waals surface area contributed by atoms with E-state index in [9.17, 15) is 9.59 Å². The van der Waals surface area contributed by atoms with Crippen molar-refractivity contribution in [1.82, 2.24) is 9.55 Å². The molecule has 0 saturated carbocycles. The highest BCUT2D eigenvalue weighted by Crippen LogP contribution is 2.52. The SMILES string of the molecule is CC(=O)Nc1ccn([C@H]2SC[C@]3(C)OC(C)(C)O[C@H]23)c(=O)n1. The molecule has 2 aliphatic heterocycles. The summed E-state index contributed by atoms with van der Waals surface area (Å²) in [5, 5.41) is 2.31. The summed E-state index contributed by atoms with van der Waals surface area (Å²) in [7, 11) is 0. The molecule has 1 aromatic heterocycles. The van der Waals surface area contributed by atoms with Gasteiger partial charge in [-0.1, -0.05) is 0 Å². The van der Waals surface area contributed by atoms with Crippen LogP contribution in [0.15, 0.2) is 17.1 Å². The Labute approximate surface area is 132 Å². The van der Waals surface area contributed by atoms with Crippen molar-refractivity contribution in [3.63, 3.8) is 0 Å². The Hall–Kier alpha value is -1.38. The van der Waals surface area contributed by atoms with Gasteiger partial charge in [0, 0.05) is 18.9 Å². The van der Waals surface area contributed by atoms with Crippen molar-refractivity contribution >= 4 is 23.5 Å². The molecule has 0 aromatic carbocycles. The van der Waals surface area contributed by atoms with Gasteiger partial charge in [-0.25, -0.2) is 4.79 Å². The van der Waals surface area contributed by atoms with Gasteiger partial charge in [0.1, 0.15) is 22.9 Å². The predicted octanol–water partition coefficient (Wildman–Crippen LogP) is 1.36. The Bertz CT molecular complexity index is 674. The summed E-state index contributed by atoms with van der Waals surface area (Å²) < 4.78 is 13.5. The number of nitrogens with one attached hydrogen (secondary N) is 1. The van der Waals surface area contributed by atoms with Gasteiger partial charge in [-0.15, -0.1) is 11.8 Å². The van der Waals surface area contributed by atoms with E-state index in [1.54, 1.807) is 24.0 Å². The molecule has 1 aromatic rings. The number of aromatic nitrogens is 2. The average molecular weight is 325 g/mol. The van der Waals surface area contributed by atoms with Gasteiger partial charge in [0.05, 0.1) is 0 Å². The second kappa shape index (κ2) is 5.07. The lowest BCUT2D eigenvalue weighted by molar-refractivity contribution is -0.158. The first-order chi connectivity index (χ1) is 10.2. The zero-order valence-corrected chi connectivity index (χ0v) is 13.8. The minimum absolute atomic E-state index is 0.196. The van der Waals surface area contributed by atoms with Crippen LogP contribution < -0.4 is 11.0 Å². The fraction of sp³-hybridized carbons (Fsp3) is 0.643. The lowest BCUT2D eigenvalue weighted by Gasteiger charge is -2.22. The molecule has 0 bridgehead atoms. The Morgan fingerprint density at radius 2 is 2.23 bits per heavy atom. The van der Waals surface area contributed by atoms with Gasteiger partial charge < -0.3 is 14.8 Å². The third-order valence-corrected chi connectivity index (χ3v) is 5.26. The summed E-state index contributed by atoms with van der Waals surface area (Å²) in [6, 6.07) is 1.61. The molecule has 0 aliphatic carbocycles. The number of carbonyl (C=O) groups is 1. The first-order valence-corrected chi connectivity index (χ1v) is 8.11. The second-order valence-corrected chi connectivity index (χ2v) is 7.34. The van der Waals surface area contributed by atoms with E-state index in [0.717, 1.165) is 5.75 Å². The van der Waals surface area contributed by atoms with Crippen molar-refractivity contribution in [2.45, 2.75) is 50.6 Å². The van der Waals surface area contributed by atoms with E-state index in [0.29, 0.717) is 0 Å². The highest BCUT2D eigenvalue weighted by molar-refractivity contribution is 7.99. The molecule has 3 atom stereocenters. The Balaban J connectivity index is 1.89. The first kappa shape index (κ1) is 15.5. The third-order valence-electron chi connectivity index (χ3n) is 3.70. The zero-order valence-electron chi connectivity index (χ0n) is 13.0. The van der Waals surface area contributed by atoms with Crippen molar-refractivity contribution in [3.05, 3.63) is 22.7 Å². The summed E-state index contributed by atoms with van der Waals surface area (Å²) in [6.45, 7) is 7.12. The molecular weight excluding hydrogens is 306 g/mol. The molecule has 0 unspecified atom stereocenters. The molecule has 2 saturated heterocycles. The third kappa shape index (κ3) is 2.66. The van der Waals surface area contributed by atoms with Gasteiger partial charge in [-0.05, 0) is 26.8 Å². The summed E-state index contributed by atoms with van der Waals surface area (Å²) in [6.07, 6.45) is 1.41. The molecule has 7 nitrogen and oxygen atoms in total. The van der Waals surface area contributed by atoms with Crippen LogP contribution >= 0.6 is 11.8 Å². The van der Waals surface area contributed by atoms with Crippen molar-refractivity contribution in [2.75, 3.05) is 11.1 Å². The maximum atomic E-state index is 12.3. The van der Waals surface area contributed by atoms with Crippen molar-refractivity contribution in [1.29, 1.82) is 0 Å². The number of carbonyl (C=O) groups excluding carboxylic acids is 1. The van der Waals surface area contributed by atoms with Crippen molar-refractivity contribution in [3.8, 4) is 0 Å². The predicted molar refractivity (Wildman–Crippen MR) is 82.7 cm³/mol. The Kier molecular flexibility index (Phi) is 3.58. The van der Waals surface area contributed by atoms with Crippen LogP contribution in [0, 0.1) is 0 Å². The molecule has 22 heavy (non-hydrogen) atoms. The molecule has 3 heterocycles. The number of hydrogen-bond donors (Lipinski definition) is 1. The van der Waals surface area contributed by atoms with Crippen LogP contribution in [0.2, 0.25) is 0 Å². The highest BCUT2D eigenvalue weighted by Gasteiger charge is 2.58.